The summed E-state index contributed by atoms with van der Waals surface area (Å²) < 4.78 is 0. The van der Waals surface area contributed by atoms with Crippen molar-refractivity contribution < 1.29 is 14.7 Å². The molecule has 2 N–H and O–H groups in total. The number of carboxylic acids is 1. The standard InChI is InChI=1S/C9H16N2O3/c1-7(9(13)14)6-11(3)5-4-8(12)10-2/h1,4-6H2,2-3H3,(H,10,12)(H,13,14). The smallest absolute Gasteiger partial charge is 0.332 e. The van der Waals surface area contributed by atoms with Crippen molar-refractivity contribution in [2.75, 3.05) is 27.2 Å². The van der Waals surface area contributed by atoms with E-state index in [0.29, 0.717) is 13.0 Å². The van der Waals surface area contributed by atoms with Crippen LogP contribution >= 0.6 is 0 Å². The zero-order valence-electron chi connectivity index (χ0n) is 8.54. The van der Waals surface area contributed by atoms with E-state index in [1.54, 1.807) is 19.0 Å². The van der Waals surface area contributed by atoms with Gasteiger partial charge in [0, 0.05) is 32.1 Å². The SMILES string of the molecule is C=C(CN(C)CCC(=O)NC)C(=O)O. The lowest BCUT2D eigenvalue weighted by Crippen LogP contribution is -2.29. The highest BCUT2D eigenvalue weighted by Gasteiger charge is 2.08. The topological polar surface area (TPSA) is 69.6 Å². The Hall–Kier alpha value is -1.36. The summed E-state index contributed by atoms with van der Waals surface area (Å²) in [7, 11) is 3.32. The van der Waals surface area contributed by atoms with E-state index in [2.05, 4.69) is 11.9 Å². The molecular weight excluding hydrogens is 184 g/mol. The Morgan fingerprint density at radius 1 is 1.50 bits per heavy atom. The molecule has 0 spiro atoms. The fraction of sp³-hybridized carbons (Fsp3) is 0.556. The Kier molecular flexibility index (Phi) is 5.55. The van der Waals surface area contributed by atoms with Crippen molar-refractivity contribution in [1.82, 2.24) is 10.2 Å². The molecule has 0 rings (SSSR count). The van der Waals surface area contributed by atoms with E-state index < -0.39 is 5.97 Å². The highest BCUT2D eigenvalue weighted by molar-refractivity contribution is 5.86. The van der Waals surface area contributed by atoms with E-state index in [9.17, 15) is 9.59 Å². The second-order valence-corrected chi connectivity index (χ2v) is 3.07. The number of carboxylic acid groups (broad SMARTS) is 1. The summed E-state index contributed by atoms with van der Waals surface area (Å²) in [4.78, 5) is 23.0. The first kappa shape index (κ1) is 12.6. The minimum atomic E-state index is -1.00. The van der Waals surface area contributed by atoms with Gasteiger partial charge in [-0.05, 0) is 7.05 Å². The second-order valence-electron chi connectivity index (χ2n) is 3.07. The van der Waals surface area contributed by atoms with Gasteiger partial charge in [-0.15, -0.1) is 0 Å². The molecule has 0 aliphatic rings. The first-order valence-electron chi connectivity index (χ1n) is 4.27. The van der Waals surface area contributed by atoms with E-state index in [4.69, 9.17) is 5.11 Å². The van der Waals surface area contributed by atoms with E-state index in [1.807, 2.05) is 0 Å². The van der Waals surface area contributed by atoms with Crippen molar-refractivity contribution >= 4 is 11.9 Å². The van der Waals surface area contributed by atoms with Gasteiger partial charge in [-0.2, -0.15) is 0 Å². The van der Waals surface area contributed by atoms with Crippen molar-refractivity contribution in [3.63, 3.8) is 0 Å². The van der Waals surface area contributed by atoms with Crippen LogP contribution in [0.2, 0.25) is 0 Å². The Morgan fingerprint density at radius 3 is 2.50 bits per heavy atom. The molecule has 0 heterocycles. The van der Waals surface area contributed by atoms with Gasteiger partial charge in [0.25, 0.3) is 0 Å². The van der Waals surface area contributed by atoms with Crippen molar-refractivity contribution in [1.29, 1.82) is 0 Å². The van der Waals surface area contributed by atoms with Crippen LogP contribution in [0.25, 0.3) is 0 Å². The van der Waals surface area contributed by atoms with Crippen LogP contribution in [0.5, 0.6) is 0 Å². The fourth-order valence-electron chi connectivity index (χ4n) is 0.890. The summed E-state index contributed by atoms with van der Waals surface area (Å²) in [6.07, 6.45) is 0.361. The molecule has 0 unspecified atom stereocenters. The Bertz CT molecular complexity index is 238. The molecule has 0 bridgehead atoms. The third-order valence-electron chi connectivity index (χ3n) is 1.76. The average molecular weight is 200 g/mol. The van der Waals surface area contributed by atoms with E-state index in [0.717, 1.165) is 0 Å². The maximum Gasteiger partial charge on any atom is 0.332 e. The number of hydrogen-bond acceptors (Lipinski definition) is 3. The molecule has 14 heavy (non-hydrogen) atoms. The maximum atomic E-state index is 10.9. The van der Waals surface area contributed by atoms with Crippen molar-refractivity contribution in [2.24, 2.45) is 0 Å². The lowest BCUT2D eigenvalue weighted by molar-refractivity contribution is -0.132. The Morgan fingerprint density at radius 2 is 2.07 bits per heavy atom. The molecule has 0 saturated heterocycles. The van der Waals surface area contributed by atoms with Gasteiger partial charge in [0.15, 0.2) is 0 Å². The van der Waals surface area contributed by atoms with Gasteiger partial charge >= 0.3 is 5.97 Å². The molecule has 0 radical (unpaired) electrons. The lowest BCUT2D eigenvalue weighted by atomic mass is 10.3. The zero-order valence-corrected chi connectivity index (χ0v) is 8.54. The number of nitrogens with zero attached hydrogens (tertiary/aromatic N) is 1. The molecule has 0 saturated carbocycles. The van der Waals surface area contributed by atoms with Crippen LogP contribution in [0.15, 0.2) is 12.2 Å². The van der Waals surface area contributed by atoms with Crippen LogP contribution in [-0.2, 0) is 9.59 Å². The first-order chi connectivity index (χ1) is 6.47. The number of amides is 1. The number of nitrogens with one attached hydrogen (secondary N) is 1. The van der Waals surface area contributed by atoms with Gasteiger partial charge in [-0.3, -0.25) is 4.79 Å². The largest absolute Gasteiger partial charge is 0.478 e. The normalized spacial score (nSPS) is 9.93. The summed E-state index contributed by atoms with van der Waals surface area (Å²) in [5.74, 6) is -1.06. The molecule has 80 valence electrons. The Labute approximate surface area is 83.4 Å². The van der Waals surface area contributed by atoms with Crippen LogP contribution in [0.1, 0.15) is 6.42 Å². The van der Waals surface area contributed by atoms with Gasteiger partial charge < -0.3 is 15.3 Å². The Balaban J connectivity index is 3.76. The molecule has 0 aliphatic heterocycles. The molecule has 5 heteroatoms. The predicted molar refractivity (Wildman–Crippen MR) is 53.0 cm³/mol. The summed E-state index contributed by atoms with van der Waals surface area (Å²) in [6.45, 7) is 4.19. The molecule has 0 fully saturated rings. The van der Waals surface area contributed by atoms with Crippen molar-refractivity contribution in [2.45, 2.75) is 6.42 Å². The number of hydrogen-bond donors (Lipinski definition) is 2. The van der Waals surface area contributed by atoms with Crippen LogP contribution in [0, 0.1) is 0 Å². The predicted octanol–water partition coefficient (Wildman–Crippen LogP) is -0.305. The molecule has 0 aromatic rings. The summed E-state index contributed by atoms with van der Waals surface area (Å²) in [6, 6.07) is 0. The summed E-state index contributed by atoms with van der Waals surface area (Å²) in [5, 5.41) is 11.0. The molecule has 0 aromatic carbocycles. The number of aliphatic carboxylic acids is 1. The van der Waals surface area contributed by atoms with Crippen LogP contribution in [0.4, 0.5) is 0 Å². The molecule has 0 aliphatic carbocycles. The van der Waals surface area contributed by atoms with Crippen LogP contribution in [-0.4, -0.2) is 49.1 Å². The average Bonchev–Trinajstić information content (AvgIpc) is 2.13. The molecule has 0 aromatic heterocycles. The van der Waals surface area contributed by atoms with Crippen molar-refractivity contribution in [3.05, 3.63) is 12.2 Å². The van der Waals surface area contributed by atoms with E-state index in [-0.39, 0.29) is 18.0 Å². The monoisotopic (exact) mass is 200 g/mol. The highest BCUT2D eigenvalue weighted by atomic mass is 16.4. The van der Waals surface area contributed by atoms with Crippen LogP contribution < -0.4 is 5.32 Å². The summed E-state index contributed by atoms with van der Waals surface area (Å²) >= 11 is 0. The van der Waals surface area contributed by atoms with Gasteiger partial charge in [0.05, 0.1) is 0 Å². The molecule has 5 nitrogen and oxygen atoms in total. The minimum absolute atomic E-state index is 0.0576. The van der Waals surface area contributed by atoms with Gasteiger partial charge in [0.1, 0.15) is 0 Å². The van der Waals surface area contributed by atoms with Gasteiger partial charge in [0.2, 0.25) is 5.91 Å². The lowest BCUT2D eigenvalue weighted by Gasteiger charge is -2.15. The second kappa shape index (κ2) is 6.15. The van der Waals surface area contributed by atoms with E-state index >= 15 is 0 Å². The highest BCUT2D eigenvalue weighted by Crippen LogP contribution is 1.95. The quantitative estimate of drug-likeness (QED) is 0.577. The zero-order chi connectivity index (χ0) is 11.1. The third-order valence-corrected chi connectivity index (χ3v) is 1.76. The molecular formula is C9H16N2O3. The molecule has 1 amide bonds. The number of likely N-dealkylation sites (N-methyl/N-ethyl adjacent to an activating group) is 1. The van der Waals surface area contributed by atoms with Crippen molar-refractivity contribution in [3.8, 4) is 0 Å². The number of carbonyl (C=O) groups excluding carboxylic acids is 1. The molecule has 0 atom stereocenters. The van der Waals surface area contributed by atoms with E-state index in [1.165, 1.54) is 0 Å². The number of rotatable bonds is 6. The van der Waals surface area contributed by atoms with Gasteiger partial charge in [-0.1, -0.05) is 6.58 Å². The minimum Gasteiger partial charge on any atom is -0.478 e. The van der Waals surface area contributed by atoms with Crippen LogP contribution in [0.3, 0.4) is 0 Å². The van der Waals surface area contributed by atoms with Gasteiger partial charge in [-0.25, -0.2) is 4.79 Å². The maximum absolute atomic E-state index is 10.9. The summed E-state index contributed by atoms with van der Waals surface area (Å²) in [5.41, 5.74) is 0.129. The number of carbonyl (C=O) groups is 2. The first-order valence-corrected chi connectivity index (χ1v) is 4.27. The fourth-order valence-corrected chi connectivity index (χ4v) is 0.890. The third kappa shape index (κ3) is 5.31.